The lowest BCUT2D eigenvalue weighted by molar-refractivity contribution is -0.122. The summed E-state index contributed by atoms with van der Waals surface area (Å²) < 4.78 is 105. The van der Waals surface area contributed by atoms with Gasteiger partial charge in [-0.1, -0.05) is 83.3 Å². The highest BCUT2D eigenvalue weighted by atomic mass is 35.5. The number of Topliss-reactive ketones (excluding diaryl/α,β-unsaturated/α-hetero) is 1. The Balaban J connectivity index is 1.09. The molecule has 23 heteroatoms. The molecule has 1 aliphatic carbocycles. The average Bonchev–Trinajstić information content (AvgIpc) is 3.64. The van der Waals surface area contributed by atoms with Gasteiger partial charge in [-0.2, -0.15) is 13.7 Å². The zero-order chi connectivity index (χ0) is 59.7. The van der Waals surface area contributed by atoms with Crippen molar-refractivity contribution in [1.29, 1.82) is 5.26 Å². The largest absolute Gasteiger partial charge is 0.497 e. The number of anilines is 4. The second-order valence-corrected chi connectivity index (χ2v) is 27.3. The van der Waals surface area contributed by atoms with Crippen LogP contribution in [0.5, 0.6) is 11.5 Å². The molecule has 1 unspecified atom stereocenters. The van der Waals surface area contributed by atoms with E-state index in [9.17, 15) is 44.9 Å². The fourth-order valence-electron chi connectivity index (χ4n) is 10.3. The minimum absolute atomic E-state index is 0.0205. The molecule has 19 nitrogen and oxygen atoms in total. The van der Waals surface area contributed by atoms with Gasteiger partial charge in [0.2, 0.25) is 27.8 Å². The molecular formula is C59H61ClN6O13S3. The molecule has 0 saturated heterocycles. The number of benzene rings is 6. The first-order valence-corrected chi connectivity index (χ1v) is 31.4. The van der Waals surface area contributed by atoms with Gasteiger partial charge in [-0.25, -0.2) is 26.6 Å². The van der Waals surface area contributed by atoms with Crippen molar-refractivity contribution in [3.63, 3.8) is 0 Å². The molecule has 2 amide bonds. The van der Waals surface area contributed by atoms with E-state index in [2.05, 4.69) is 55.4 Å². The molecular weight excluding hydrogens is 1130 g/mol. The smallest absolute Gasteiger partial charge is 0.415 e. The summed E-state index contributed by atoms with van der Waals surface area (Å²) in [6.07, 6.45) is 3.77. The first kappa shape index (κ1) is 60.1. The summed E-state index contributed by atoms with van der Waals surface area (Å²) >= 11 is 6.61. The lowest BCUT2D eigenvalue weighted by Crippen LogP contribution is -2.46. The third-order valence-corrected chi connectivity index (χ3v) is 16.4. The van der Waals surface area contributed by atoms with E-state index < -0.39 is 65.0 Å². The molecule has 1 saturated carbocycles. The Kier molecular flexibility index (Phi) is 17.2. The molecule has 1 aromatic heterocycles. The third kappa shape index (κ3) is 14.2. The number of nitriles is 1. The third-order valence-electron chi connectivity index (χ3n) is 13.5. The fourth-order valence-corrected chi connectivity index (χ4v) is 12.7. The monoisotopic (exact) mass is 1190 g/mol. The standard InChI is InChI=1S/C59H61ClN6O13S3/c1-35-29-42(22-17-37(35)30-38(33-61)56-63-48-31-39(20-27-49(48)77-56)59(5,6)34-58(2,3)4)66(41-13-10-11-14-41)57(69)78-54(53(67)36-18-23-43(76-7)24-19-36)55(68)62-47-32-40(21-25-45(47)60)64-82(74,75)51-28-26-46(65-80(8,70)71)52-44(51)15-12-16-50(52)79-81(9,72)73/h12,15-32,41,54,64-65H,10-11,13-14,34H2,1-9H3,(H,62,68). The van der Waals surface area contributed by atoms with Crippen molar-refractivity contribution in [2.45, 2.75) is 96.1 Å². The van der Waals surface area contributed by atoms with E-state index in [0.29, 0.717) is 46.5 Å². The Morgan fingerprint density at radius 1 is 0.866 bits per heavy atom. The van der Waals surface area contributed by atoms with Gasteiger partial charge in [-0.3, -0.25) is 23.9 Å². The Morgan fingerprint density at radius 2 is 1.57 bits per heavy atom. The van der Waals surface area contributed by atoms with E-state index in [1.807, 2.05) is 25.1 Å². The summed E-state index contributed by atoms with van der Waals surface area (Å²) in [7, 11) is -11.4. The molecule has 0 spiro atoms. The molecule has 430 valence electrons. The number of allylic oxidation sites excluding steroid dienone is 1. The quantitative estimate of drug-likeness (QED) is 0.0294. The minimum Gasteiger partial charge on any atom is -0.497 e. The summed E-state index contributed by atoms with van der Waals surface area (Å²) in [4.78, 5) is 49.5. The fraction of sp³-hybridized carbons (Fsp3) is 0.305. The number of halogens is 1. The Labute approximate surface area is 481 Å². The summed E-state index contributed by atoms with van der Waals surface area (Å²) in [6, 6.07) is 28.4. The number of nitrogens with zero attached hydrogens (tertiary/aromatic N) is 3. The number of fused-ring (bicyclic) bond motifs is 2. The van der Waals surface area contributed by atoms with Crippen LogP contribution in [-0.4, -0.2) is 79.8 Å². The van der Waals surface area contributed by atoms with Crippen molar-refractivity contribution in [1.82, 2.24) is 4.98 Å². The topological polar surface area (TPSA) is 270 Å². The van der Waals surface area contributed by atoms with Crippen molar-refractivity contribution in [3.8, 4) is 17.6 Å². The zero-order valence-corrected chi connectivity index (χ0v) is 49.6. The predicted molar refractivity (Wildman–Crippen MR) is 317 cm³/mol. The van der Waals surface area contributed by atoms with Crippen LogP contribution < -0.4 is 28.6 Å². The summed E-state index contributed by atoms with van der Waals surface area (Å²) in [5.74, 6) is -1.88. The van der Waals surface area contributed by atoms with E-state index in [1.165, 1.54) is 66.6 Å². The predicted octanol–water partition coefficient (Wildman–Crippen LogP) is 12.0. The number of ether oxygens (including phenoxy) is 2. The SMILES string of the molecule is COc1ccc(C(=O)C(OC(=O)N(c2ccc(C=C(C#N)c3nc4cc(C(C)(C)CC(C)(C)C)ccc4o3)c(C)c2)C2CCCC2)C(=O)Nc2cc(NS(=O)(=O)c3ccc(NS(C)(=O)=O)c4c(OS(C)(=O)=O)cccc34)ccc2Cl)cc1. The molecule has 1 fully saturated rings. The van der Waals surface area contributed by atoms with Gasteiger partial charge in [0.1, 0.15) is 22.9 Å². The van der Waals surface area contributed by atoms with E-state index in [4.69, 9.17) is 34.7 Å². The average molecular weight is 1190 g/mol. The molecule has 0 aliphatic heterocycles. The number of ketones is 1. The van der Waals surface area contributed by atoms with E-state index in [0.717, 1.165) is 55.5 Å². The zero-order valence-electron chi connectivity index (χ0n) is 46.4. The van der Waals surface area contributed by atoms with Gasteiger partial charge in [0, 0.05) is 22.7 Å². The van der Waals surface area contributed by atoms with Crippen LogP contribution in [0.1, 0.15) is 99.7 Å². The Hall–Kier alpha value is -7.97. The van der Waals surface area contributed by atoms with Gasteiger partial charge >= 0.3 is 16.2 Å². The molecule has 1 heterocycles. The lowest BCUT2D eigenvalue weighted by Gasteiger charge is -2.32. The molecule has 1 atom stereocenters. The number of carbonyl (C=O) groups is 3. The first-order chi connectivity index (χ1) is 38.4. The molecule has 0 bridgehead atoms. The van der Waals surface area contributed by atoms with Crippen molar-refractivity contribution >= 4 is 116 Å². The lowest BCUT2D eigenvalue weighted by atomic mass is 9.72. The number of nitrogens with one attached hydrogen (secondary N) is 3. The highest BCUT2D eigenvalue weighted by Gasteiger charge is 2.38. The van der Waals surface area contributed by atoms with Crippen LogP contribution in [0.25, 0.3) is 33.5 Å². The van der Waals surface area contributed by atoms with Gasteiger partial charge in [-0.15, -0.1) is 0 Å². The first-order valence-electron chi connectivity index (χ1n) is 25.8. The maximum atomic E-state index is 14.8. The molecule has 7 aromatic rings. The van der Waals surface area contributed by atoms with Crippen LogP contribution in [-0.2, 0) is 45.1 Å². The van der Waals surface area contributed by atoms with E-state index in [1.54, 1.807) is 24.3 Å². The molecule has 8 rings (SSSR count). The van der Waals surface area contributed by atoms with Crippen LogP contribution in [0.15, 0.2) is 119 Å². The van der Waals surface area contributed by atoms with E-state index >= 15 is 0 Å². The van der Waals surface area contributed by atoms with Crippen LogP contribution in [0.3, 0.4) is 0 Å². The number of aryl methyl sites for hydroxylation is 1. The maximum Gasteiger partial charge on any atom is 0.415 e. The number of rotatable bonds is 19. The highest BCUT2D eigenvalue weighted by Crippen LogP contribution is 2.40. The van der Waals surface area contributed by atoms with Crippen LogP contribution in [0.4, 0.5) is 27.5 Å². The van der Waals surface area contributed by atoms with Crippen LogP contribution >= 0.6 is 11.6 Å². The van der Waals surface area contributed by atoms with Crippen molar-refractivity contribution in [3.05, 3.63) is 142 Å². The maximum absolute atomic E-state index is 14.8. The minimum atomic E-state index is -4.64. The van der Waals surface area contributed by atoms with Gasteiger partial charge in [0.25, 0.3) is 15.9 Å². The summed E-state index contributed by atoms with van der Waals surface area (Å²) in [6.45, 7) is 12.8. The molecule has 3 N–H and O–H groups in total. The summed E-state index contributed by atoms with van der Waals surface area (Å²) in [5.41, 5.74) is 3.48. The van der Waals surface area contributed by atoms with Gasteiger partial charge in [-0.05, 0) is 145 Å². The van der Waals surface area contributed by atoms with Gasteiger partial charge < -0.3 is 23.4 Å². The van der Waals surface area contributed by atoms with E-state index in [-0.39, 0.29) is 66.5 Å². The summed E-state index contributed by atoms with van der Waals surface area (Å²) in [5, 5.41) is 12.5. The van der Waals surface area contributed by atoms with Crippen molar-refractivity contribution in [2.24, 2.45) is 5.41 Å². The molecule has 1 aliphatic rings. The number of oxazole rings is 1. The molecule has 6 aromatic carbocycles. The van der Waals surface area contributed by atoms with Crippen molar-refractivity contribution < 1.29 is 57.7 Å². The van der Waals surface area contributed by atoms with Crippen molar-refractivity contribution in [2.75, 3.05) is 39.3 Å². The number of amides is 2. The van der Waals surface area contributed by atoms with Crippen LogP contribution in [0.2, 0.25) is 5.02 Å². The number of hydrogen-bond acceptors (Lipinski definition) is 15. The number of carbonyl (C=O) groups excluding carboxylic acids is 3. The number of methoxy groups -OCH3 is 1. The number of aromatic nitrogens is 1. The number of sulfonamides is 2. The van der Waals surface area contributed by atoms with Crippen LogP contribution in [0, 0.1) is 23.7 Å². The highest BCUT2D eigenvalue weighted by molar-refractivity contribution is 7.93. The van der Waals surface area contributed by atoms with Gasteiger partial charge in [0.15, 0.2) is 11.3 Å². The number of hydrogen-bond donors (Lipinski definition) is 3. The Morgan fingerprint density at radius 3 is 2.21 bits per heavy atom. The Bertz CT molecular complexity index is 4050. The second kappa shape index (κ2) is 23.5. The second-order valence-electron chi connectivity index (χ2n) is 21.9. The van der Waals surface area contributed by atoms with Gasteiger partial charge in [0.05, 0.1) is 52.0 Å². The normalized spacial score (nSPS) is 14.0. The molecule has 0 radical (unpaired) electrons. The molecule has 82 heavy (non-hydrogen) atoms.